The number of likely N-dealkylation sites (N-methyl/N-ethyl adjacent to an activating group) is 1. The van der Waals surface area contributed by atoms with Gasteiger partial charge in [0.05, 0.1) is 17.8 Å². The van der Waals surface area contributed by atoms with Crippen molar-refractivity contribution in [2.75, 3.05) is 25.5 Å². The molecule has 0 aliphatic rings. The van der Waals surface area contributed by atoms with Crippen LogP contribution in [0.2, 0.25) is 0 Å². The Kier molecular flexibility index (Phi) is 5.71. The highest BCUT2D eigenvalue weighted by atomic mass is 16.4. The first-order valence-corrected chi connectivity index (χ1v) is 6.48. The van der Waals surface area contributed by atoms with Gasteiger partial charge in [-0.15, -0.1) is 0 Å². The van der Waals surface area contributed by atoms with Crippen LogP contribution in [0, 0.1) is 6.92 Å². The van der Waals surface area contributed by atoms with E-state index in [0.717, 1.165) is 5.56 Å². The molecule has 0 saturated heterocycles. The van der Waals surface area contributed by atoms with Crippen molar-refractivity contribution in [3.05, 3.63) is 29.3 Å². The van der Waals surface area contributed by atoms with Crippen LogP contribution < -0.4 is 10.6 Å². The predicted molar refractivity (Wildman–Crippen MR) is 78.5 cm³/mol. The SMILES string of the molecule is CCN(C)C(=O)CNC(=O)Nc1ccc(C)cc1C(=O)O. The van der Waals surface area contributed by atoms with E-state index in [2.05, 4.69) is 10.6 Å². The van der Waals surface area contributed by atoms with E-state index in [4.69, 9.17) is 5.11 Å². The van der Waals surface area contributed by atoms with E-state index in [1.54, 1.807) is 20.0 Å². The molecular weight excluding hydrogens is 274 g/mol. The number of benzene rings is 1. The number of nitrogens with one attached hydrogen (secondary N) is 2. The third-order valence-electron chi connectivity index (χ3n) is 2.95. The fourth-order valence-corrected chi connectivity index (χ4v) is 1.58. The molecule has 21 heavy (non-hydrogen) atoms. The van der Waals surface area contributed by atoms with E-state index in [0.29, 0.717) is 6.54 Å². The van der Waals surface area contributed by atoms with Crippen molar-refractivity contribution in [3.8, 4) is 0 Å². The number of nitrogens with zero attached hydrogens (tertiary/aromatic N) is 1. The number of rotatable bonds is 5. The van der Waals surface area contributed by atoms with Gasteiger partial charge in [-0.25, -0.2) is 9.59 Å². The number of carboxylic acids is 1. The second-order valence-corrected chi connectivity index (χ2v) is 4.57. The van der Waals surface area contributed by atoms with Gasteiger partial charge in [0, 0.05) is 13.6 Å². The molecule has 0 spiro atoms. The molecule has 0 bridgehead atoms. The molecule has 1 rings (SSSR count). The second-order valence-electron chi connectivity index (χ2n) is 4.57. The van der Waals surface area contributed by atoms with E-state index < -0.39 is 12.0 Å². The number of carbonyl (C=O) groups is 3. The zero-order valence-corrected chi connectivity index (χ0v) is 12.3. The number of anilines is 1. The van der Waals surface area contributed by atoms with Crippen LogP contribution >= 0.6 is 0 Å². The van der Waals surface area contributed by atoms with Gasteiger partial charge in [-0.3, -0.25) is 4.79 Å². The third kappa shape index (κ3) is 4.79. The highest BCUT2D eigenvalue weighted by molar-refractivity contribution is 6.00. The summed E-state index contributed by atoms with van der Waals surface area (Å²) in [5.74, 6) is -1.36. The molecule has 3 N–H and O–H groups in total. The summed E-state index contributed by atoms with van der Waals surface area (Å²) in [4.78, 5) is 35.8. The summed E-state index contributed by atoms with van der Waals surface area (Å²) in [5.41, 5.74) is 0.960. The molecule has 1 aromatic carbocycles. The Morgan fingerprint density at radius 3 is 2.52 bits per heavy atom. The normalized spacial score (nSPS) is 9.86. The molecule has 0 aromatic heterocycles. The van der Waals surface area contributed by atoms with Gasteiger partial charge in [-0.1, -0.05) is 11.6 Å². The highest BCUT2D eigenvalue weighted by Gasteiger charge is 2.13. The molecule has 0 fully saturated rings. The first kappa shape index (κ1) is 16.5. The lowest BCUT2D eigenvalue weighted by molar-refractivity contribution is -0.128. The van der Waals surface area contributed by atoms with Crippen molar-refractivity contribution in [3.63, 3.8) is 0 Å². The quantitative estimate of drug-likeness (QED) is 0.762. The van der Waals surface area contributed by atoms with Crippen LogP contribution in [-0.4, -0.2) is 48.1 Å². The molecule has 0 saturated carbocycles. The number of hydrogen-bond donors (Lipinski definition) is 3. The van der Waals surface area contributed by atoms with Crippen molar-refractivity contribution < 1.29 is 19.5 Å². The minimum Gasteiger partial charge on any atom is -0.478 e. The Hall–Kier alpha value is -2.57. The molecule has 0 aliphatic carbocycles. The first-order chi connectivity index (χ1) is 9.85. The molecule has 0 aliphatic heterocycles. The average molecular weight is 293 g/mol. The van der Waals surface area contributed by atoms with Crippen molar-refractivity contribution in [1.29, 1.82) is 0 Å². The number of carbonyl (C=O) groups excluding carboxylic acids is 2. The van der Waals surface area contributed by atoms with Crippen LogP contribution in [0.15, 0.2) is 18.2 Å². The molecular formula is C14H19N3O4. The Bertz CT molecular complexity index is 557. The number of carboxylic acid groups (broad SMARTS) is 1. The zero-order chi connectivity index (χ0) is 16.0. The van der Waals surface area contributed by atoms with Crippen molar-refractivity contribution in [2.45, 2.75) is 13.8 Å². The van der Waals surface area contributed by atoms with Gasteiger partial charge >= 0.3 is 12.0 Å². The molecule has 114 valence electrons. The lowest BCUT2D eigenvalue weighted by Crippen LogP contribution is -2.39. The van der Waals surface area contributed by atoms with Crippen molar-refractivity contribution in [2.24, 2.45) is 0 Å². The summed E-state index contributed by atoms with van der Waals surface area (Å²) >= 11 is 0. The van der Waals surface area contributed by atoms with Gasteiger partial charge < -0.3 is 20.6 Å². The topological polar surface area (TPSA) is 98.7 Å². The maximum atomic E-state index is 11.7. The standard InChI is InChI=1S/C14H19N3O4/c1-4-17(3)12(18)8-15-14(21)16-11-6-5-9(2)7-10(11)13(19)20/h5-7H,4,8H2,1-3H3,(H,19,20)(H2,15,16,21). The summed E-state index contributed by atoms with van der Waals surface area (Å²) in [6.07, 6.45) is 0. The van der Waals surface area contributed by atoms with Gasteiger partial charge in [0.2, 0.25) is 5.91 Å². The number of urea groups is 1. The Morgan fingerprint density at radius 1 is 1.29 bits per heavy atom. The molecule has 1 aromatic rings. The Morgan fingerprint density at radius 2 is 1.95 bits per heavy atom. The minimum absolute atomic E-state index is 0.00199. The van der Waals surface area contributed by atoms with E-state index in [1.807, 2.05) is 6.92 Å². The molecule has 7 nitrogen and oxygen atoms in total. The lowest BCUT2D eigenvalue weighted by atomic mass is 10.1. The number of hydrogen-bond acceptors (Lipinski definition) is 3. The number of aryl methyl sites for hydroxylation is 1. The third-order valence-corrected chi connectivity index (χ3v) is 2.95. The summed E-state index contributed by atoms with van der Waals surface area (Å²) in [5, 5.41) is 13.9. The number of amides is 3. The highest BCUT2D eigenvalue weighted by Crippen LogP contribution is 2.17. The first-order valence-electron chi connectivity index (χ1n) is 6.48. The molecule has 0 unspecified atom stereocenters. The Balaban J connectivity index is 2.67. The fraction of sp³-hybridized carbons (Fsp3) is 0.357. The molecule has 7 heteroatoms. The second kappa shape index (κ2) is 7.28. The van der Waals surface area contributed by atoms with Gasteiger partial charge in [-0.2, -0.15) is 0 Å². The molecule has 0 heterocycles. The van der Waals surface area contributed by atoms with E-state index in [-0.39, 0.29) is 23.7 Å². The summed E-state index contributed by atoms with van der Waals surface area (Å²) in [7, 11) is 1.63. The van der Waals surface area contributed by atoms with Gasteiger partial charge in [0.15, 0.2) is 0 Å². The van der Waals surface area contributed by atoms with Crippen LogP contribution in [0.1, 0.15) is 22.8 Å². The monoisotopic (exact) mass is 293 g/mol. The lowest BCUT2D eigenvalue weighted by Gasteiger charge is -2.15. The molecule has 0 atom stereocenters. The van der Waals surface area contributed by atoms with E-state index in [9.17, 15) is 14.4 Å². The Labute approximate surface area is 122 Å². The van der Waals surface area contributed by atoms with Crippen molar-refractivity contribution >= 4 is 23.6 Å². The smallest absolute Gasteiger partial charge is 0.337 e. The number of aromatic carboxylic acids is 1. The van der Waals surface area contributed by atoms with Crippen LogP contribution in [0.5, 0.6) is 0 Å². The van der Waals surface area contributed by atoms with Crippen LogP contribution in [-0.2, 0) is 4.79 Å². The molecule has 3 amide bonds. The minimum atomic E-state index is -1.13. The van der Waals surface area contributed by atoms with Crippen LogP contribution in [0.25, 0.3) is 0 Å². The largest absolute Gasteiger partial charge is 0.478 e. The summed E-state index contributed by atoms with van der Waals surface area (Å²) in [6.45, 7) is 3.98. The maximum absolute atomic E-state index is 11.7. The summed E-state index contributed by atoms with van der Waals surface area (Å²) in [6, 6.07) is 4.05. The summed E-state index contributed by atoms with van der Waals surface area (Å²) < 4.78 is 0. The van der Waals surface area contributed by atoms with Crippen LogP contribution in [0.4, 0.5) is 10.5 Å². The van der Waals surface area contributed by atoms with Gasteiger partial charge in [-0.05, 0) is 26.0 Å². The zero-order valence-electron chi connectivity index (χ0n) is 12.3. The van der Waals surface area contributed by atoms with Gasteiger partial charge in [0.1, 0.15) is 0 Å². The van der Waals surface area contributed by atoms with Crippen LogP contribution in [0.3, 0.4) is 0 Å². The average Bonchev–Trinajstić information content (AvgIpc) is 2.45. The maximum Gasteiger partial charge on any atom is 0.337 e. The van der Waals surface area contributed by atoms with Crippen molar-refractivity contribution in [1.82, 2.24) is 10.2 Å². The van der Waals surface area contributed by atoms with E-state index >= 15 is 0 Å². The fourth-order valence-electron chi connectivity index (χ4n) is 1.58. The van der Waals surface area contributed by atoms with Gasteiger partial charge in [0.25, 0.3) is 0 Å². The predicted octanol–water partition coefficient (Wildman–Crippen LogP) is 1.29. The molecule has 0 radical (unpaired) electrons. The van der Waals surface area contributed by atoms with E-state index in [1.165, 1.54) is 17.0 Å².